The van der Waals surface area contributed by atoms with Crippen molar-refractivity contribution in [2.45, 2.75) is 109 Å². The van der Waals surface area contributed by atoms with Gasteiger partial charge in [0.25, 0.3) is 0 Å². The van der Waals surface area contributed by atoms with Gasteiger partial charge in [-0.3, -0.25) is 4.79 Å². The minimum absolute atomic E-state index is 0.193. The third-order valence-corrected chi connectivity index (χ3v) is 10.4. The monoisotopic (exact) mass is 556 g/mol. The molecule has 0 amide bonds. The Morgan fingerprint density at radius 2 is 1.83 bits per heavy atom. The van der Waals surface area contributed by atoms with Crippen LogP contribution >= 0.6 is 0 Å². The number of fused-ring (bicyclic) bond motifs is 2. The van der Waals surface area contributed by atoms with E-state index in [0.29, 0.717) is 24.4 Å². The first-order chi connectivity index (χ1) is 19.8. The molecule has 2 aromatic rings. The van der Waals surface area contributed by atoms with Crippen LogP contribution in [-0.4, -0.2) is 35.8 Å². The second-order valence-corrected chi connectivity index (χ2v) is 13.8. The zero-order valence-corrected chi connectivity index (χ0v) is 25.1. The van der Waals surface area contributed by atoms with E-state index in [1.165, 1.54) is 36.0 Å². The number of benzene rings is 2. The summed E-state index contributed by atoms with van der Waals surface area (Å²) in [7, 11) is 0. The number of hydrogen-bond acceptors (Lipinski definition) is 4. The van der Waals surface area contributed by atoms with Gasteiger partial charge in [0.05, 0.1) is 11.7 Å². The Morgan fingerprint density at radius 1 is 0.927 bits per heavy atom. The maximum absolute atomic E-state index is 13.8. The molecule has 2 fully saturated rings. The van der Waals surface area contributed by atoms with Crippen molar-refractivity contribution in [1.82, 2.24) is 0 Å². The molecular weight excluding hydrogens is 508 g/mol. The lowest BCUT2D eigenvalue weighted by molar-refractivity contribution is 0.00994. The molecule has 4 aliphatic rings. The molecule has 220 valence electrons. The van der Waals surface area contributed by atoms with E-state index in [9.17, 15) is 9.90 Å². The van der Waals surface area contributed by atoms with E-state index >= 15 is 0 Å². The van der Waals surface area contributed by atoms with Gasteiger partial charge in [-0.2, -0.15) is 0 Å². The molecule has 1 saturated carbocycles. The van der Waals surface area contributed by atoms with E-state index in [-0.39, 0.29) is 11.9 Å². The van der Waals surface area contributed by atoms with Crippen molar-refractivity contribution in [2.75, 3.05) is 13.2 Å². The van der Waals surface area contributed by atoms with Crippen molar-refractivity contribution >= 4 is 5.78 Å². The Hall–Kier alpha value is -2.43. The first kappa shape index (κ1) is 28.7. The smallest absolute Gasteiger partial charge is 0.189 e. The molecule has 3 aliphatic carbocycles. The number of rotatable bonds is 7. The molecular formula is C37H48O4. The van der Waals surface area contributed by atoms with E-state index in [1.807, 2.05) is 26.0 Å². The number of Topliss-reactive ketones (excluding diaryl/α,β-unsaturated/α-hetero) is 1. The highest BCUT2D eigenvalue weighted by atomic mass is 16.5. The molecule has 4 heteroatoms. The highest BCUT2D eigenvalue weighted by molar-refractivity contribution is 6.10. The van der Waals surface area contributed by atoms with E-state index in [0.717, 1.165) is 93.3 Å². The fourth-order valence-electron chi connectivity index (χ4n) is 7.86. The minimum Gasteiger partial charge on any atom is -0.491 e. The molecule has 1 heterocycles. The van der Waals surface area contributed by atoms with Crippen LogP contribution in [0.5, 0.6) is 5.75 Å². The standard InChI is InChI=1S/C37H48O4/c1-37(2,39)31-8-3-6-25(12-16-31)20-26-11-13-28-22-30(15-14-27(28)21-26)34-10-4-7-29-23-32(17-18-35(29)36(34)38)41-24-33-9-5-19-40-33/h10-11,13,17-18,21,23,25,30-31,33,39H,3-9,12,14-16,19-20,22,24H2,1-2H3/t25?,30-,31?,33-/m0/s1. The molecule has 1 saturated heterocycles. The molecule has 0 radical (unpaired) electrons. The van der Waals surface area contributed by atoms with Crippen LogP contribution in [-0.2, 0) is 30.4 Å². The van der Waals surface area contributed by atoms with Crippen molar-refractivity contribution < 1.29 is 19.4 Å². The first-order valence-corrected chi connectivity index (χ1v) is 16.3. The van der Waals surface area contributed by atoms with E-state index < -0.39 is 5.60 Å². The van der Waals surface area contributed by atoms with E-state index in [4.69, 9.17) is 9.47 Å². The van der Waals surface area contributed by atoms with Gasteiger partial charge in [-0.15, -0.1) is 0 Å². The van der Waals surface area contributed by atoms with Gasteiger partial charge in [0.15, 0.2) is 5.78 Å². The Kier molecular flexibility index (Phi) is 8.70. The maximum atomic E-state index is 13.8. The third kappa shape index (κ3) is 6.81. The lowest BCUT2D eigenvalue weighted by Crippen LogP contribution is -2.30. The lowest BCUT2D eigenvalue weighted by Gasteiger charge is -2.28. The number of carbonyl (C=O) groups excluding carboxylic acids is 1. The second-order valence-electron chi connectivity index (χ2n) is 13.8. The summed E-state index contributed by atoms with van der Waals surface area (Å²) < 4.78 is 11.7. The molecule has 4 nitrogen and oxygen atoms in total. The molecule has 2 aromatic carbocycles. The van der Waals surface area contributed by atoms with Crippen molar-refractivity contribution in [1.29, 1.82) is 0 Å². The predicted molar refractivity (Wildman–Crippen MR) is 164 cm³/mol. The molecule has 2 unspecified atom stereocenters. The Morgan fingerprint density at radius 3 is 2.66 bits per heavy atom. The second kappa shape index (κ2) is 12.4. The van der Waals surface area contributed by atoms with E-state index in [1.54, 1.807) is 0 Å². The summed E-state index contributed by atoms with van der Waals surface area (Å²) in [5, 5.41) is 10.5. The number of ketones is 1. The number of aliphatic hydroxyl groups is 1. The Labute approximate surface area is 246 Å². The van der Waals surface area contributed by atoms with Gasteiger partial charge in [0, 0.05) is 12.2 Å². The third-order valence-electron chi connectivity index (χ3n) is 10.4. The molecule has 0 bridgehead atoms. The predicted octanol–water partition coefficient (Wildman–Crippen LogP) is 7.61. The van der Waals surface area contributed by atoms with Crippen LogP contribution in [0.1, 0.15) is 104 Å². The largest absolute Gasteiger partial charge is 0.491 e. The van der Waals surface area contributed by atoms with Gasteiger partial charge in [0.2, 0.25) is 0 Å². The summed E-state index contributed by atoms with van der Waals surface area (Å²) in [5.41, 5.74) is 6.79. The molecule has 6 rings (SSSR count). The minimum atomic E-state index is -0.560. The van der Waals surface area contributed by atoms with Gasteiger partial charge in [-0.25, -0.2) is 0 Å². The van der Waals surface area contributed by atoms with Crippen LogP contribution in [0.25, 0.3) is 0 Å². The van der Waals surface area contributed by atoms with Gasteiger partial charge in [0.1, 0.15) is 12.4 Å². The summed E-state index contributed by atoms with van der Waals surface area (Å²) in [5.74, 6) is 2.49. The maximum Gasteiger partial charge on any atom is 0.189 e. The van der Waals surface area contributed by atoms with Crippen molar-refractivity contribution in [3.63, 3.8) is 0 Å². The number of ether oxygens (including phenoxy) is 2. The van der Waals surface area contributed by atoms with Crippen LogP contribution < -0.4 is 4.74 Å². The van der Waals surface area contributed by atoms with E-state index in [2.05, 4.69) is 30.3 Å². The number of hydrogen-bond donors (Lipinski definition) is 1. The topological polar surface area (TPSA) is 55.8 Å². The SMILES string of the molecule is CC(C)(O)C1CCCC(Cc2ccc3c(c2)CC[C@H](C2=CCCc4cc(OC[C@@H]5CCCO5)ccc4C2=O)C3)CC1. The number of carbonyl (C=O) groups is 1. The normalized spacial score (nSPS) is 26.9. The molecule has 1 N–H and O–H groups in total. The fraction of sp³-hybridized carbons (Fsp3) is 0.595. The first-order valence-electron chi connectivity index (χ1n) is 16.3. The van der Waals surface area contributed by atoms with Gasteiger partial charge >= 0.3 is 0 Å². The quantitative estimate of drug-likeness (QED) is 0.357. The highest BCUT2D eigenvalue weighted by Gasteiger charge is 2.31. The zero-order chi connectivity index (χ0) is 28.4. The summed E-state index contributed by atoms with van der Waals surface area (Å²) in [4.78, 5) is 13.8. The summed E-state index contributed by atoms with van der Waals surface area (Å²) in [6.07, 6.45) is 16.6. The summed E-state index contributed by atoms with van der Waals surface area (Å²) >= 11 is 0. The number of aryl methyl sites for hydroxylation is 2. The van der Waals surface area contributed by atoms with Gasteiger partial charge < -0.3 is 14.6 Å². The van der Waals surface area contributed by atoms with Crippen LogP contribution in [0.3, 0.4) is 0 Å². The van der Waals surface area contributed by atoms with Gasteiger partial charge in [-0.1, -0.05) is 37.1 Å². The number of allylic oxidation sites excluding steroid dienone is 2. The van der Waals surface area contributed by atoms with Gasteiger partial charge in [-0.05, 0) is 148 Å². The van der Waals surface area contributed by atoms with Crippen molar-refractivity contribution in [3.05, 3.63) is 75.9 Å². The van der Waals surface area contributed by atoms with Crippen LogP contribution in [0.15, 0.2) is 48.0 Å². The highest BCUT2D eigenvalue weighted by Crippen LogP contribution is 2.38. The molecule has 0 aromatic heterocycles. The Bertz CT molecular complexity index is 1260. The van der Waals surface area contributed by atoms with Crippen LogP contribution in [0, 0.1) is 17.8 Å². The fourth-order valence-corrected chi connectivity index (χ4v) is 7.86. The summed E-state index contributed by atoms with van der Waals surface area (Å²) in [6.45, 7) is 5.37. The Balaban J connectivity index is 1.08. The summed E-state index contributed by atoms with van der Waals surface area (Å²) in [6, 6.07) is 13.2. The average Bonchev–Trinajstić information content (AvgIpc) is 3.29. The molecule has 41 heavy (non-hydrogen) atoms. The van der Waals surface area contributed by atoms with Crippen LogP contribution in [0.4, 0.5) is 0 Å². The molecule has 1 aliphatic heterocycles. The zero-order valence-electron chi connectivity index (χ0n) is 25.1. The van der Waals surface area contributed by atoms with Crippen molar-refractivity contribution in [3.8, 4) is 5.75 Å². The van der Waals surface area contributed by atoms with Crippen LogP contribution in [0.2, 0.25) is 0 Å². The van der Waals surface area contributed by atoms with Crippen molar-refractivity contribution in [2.24, 2.45) is 17.8 Å². The molecule has 4 atom stereocenters. The average molecular weight is 557 g/mol. The lowest BCUT2D eigenvalue weighted by atomic mass is 9.77. The molecule has 0 spiro atoms.